The van der Waals surface area contributed by atoms with E-state index in [0.29, 0.717) is 50.7 Å². The van der Waals surface area contributed by atoms with Crippen LogP contribution in [0.25, 0.3) is 0 Å². The van der Waals surface area contributed by atoms with Crippen LogP contribution in [0.15, 0.2) is 42.7 Å². The summed E-state index contributed by atoms with van der Waals surface area (Å²) >= 11 is 0. The number of hydrogen-bond acceptors (Lipinski definition) is 7. The van der Waals surface area contributed by atoms with Gasteiger partial charge in [-0.15, -0.1) is 0 Å². The van der Waals surface area contributed by atoms with Crippen LogP contribution in [0.1, 0.15) is 34.5 Å². The van der Waals surface area contributed by atoms with E-state index in [2.05, 4.69) is 16.0 Å². The molecule has 0 radical (unpaired) electrons. The van der Waals surface area contributed by atoms with Crippen LogP contribution >= 0.6 is 0 Å². The number of aliphatic hydroxyl groups excluding tert-OH is 1. The quantitative estimate of drug-likeness (QED) is 0.432. The largest absolute Gasteiger partial charge is 0.493 e. The topological polar surface area (TPSA) is 89.2 Å². The Balaban J connectivity index is 1.40. The second-order valence-corrected chi connectivity index (χ2v) is 10.1. The zero-order chi connectivity index (χ0) is 26.6. The molecule has 8 heteroatoms. The number of aliphatic hydroxyl groups is 2. The third kappa shape index (κ3) is 6.44. The summed E-state index contributed by atoms with van der Waals surface area (Å²) in [5.41, 5.74) is 2.97. The first kappa shape index (κ1) is 27.0. The zero-order valence-corrected chi connectivity index (χ0v) is 22.5. The highest BCUT2D eigenvalue weighted by Gasteiger charge is 2.42. The van der Waals surface area contributed by atoms with Crippen molar-refractivity contribution in [3.63, 3.8) is 0 Å². The number of nitrogens with zero attached hydrogens (tertiary/aromatic N) is 3. The Hall–Kier alpha value is -3.07. The summed E-state index contributed by atoms with van der Waals surface area (Å²) < 4.78 is 19.7. The first-order valence-electron chi connectivity index (χ1n) is 12.8. The molecule has 0 spiro atoms. The Bertz CT molecular complexity index is 1210. The van der Waals surface area contributed by atoms with E-state index in [1.165, 1.54) is 0 Å². The molecule has 1 saturated heterocycles. The summed E-state index contributed by atoms with van der Waals surface area (Å²) in [6, 6.07) is 9.99. The molecule has 4 rings (SSSR count). The minimum absolute atomic E-state index is 0.0268. The van der Waals surface area contributed by atoms with Crippen molar-refractivity contribution >= 4 is 0 Å². The fraction of sp³-hybridized carbons (Fsp3) is 0.483. The number of β-amino-alcohol motifs (C(OH)–C–C–N with tert-alkyl or cyclic N) is 1. The highest BCUT2D eigenvalue weighted by atomic mass is 16.5. The number of hydrogen-bond donors (Lipinski definition) is 2. The number of aromatic nitrogens is 2. The summed E-state index contributed by atoms with van der Waals surface area (Å²) in [7, 11) is 1.63. The van der Waals surface area contributed by atoms with Crippen molar-refractivity contribution in [2.75, 3.05) is 33.4 Å². The van der Waals surface area contributed by atoms with Gasteiger partial charge in [0.2, 0.25) is 0 Å². The highest BCUT2D eigenvalue weighted by molar-refractivity contribution is 5.43. The molecule has 0 unspecified atom stereocenters. The molecule has 8 nitrogen and oxygen atoms in total. The second kappa shape index (κ2) is 11.5. The van der Waals surface area contributed by atoms with Crippen LogP contribution in [-0.2, 0) is 13.1 Å². The van der Waals surface area contributed by atoms with Crippen molar-refractivity contribution in [2.45, 2.75) is 58.9 Å². The van der Waals surface area contributed by atoms with E-state index in [1.807, 2.05) is 62.7 Å². The van der Waals surface area contributed by atoms with Crippen LogP contribution in [0.5, 0.6) is 17.2 Å². The number of rotatable bonds is 10. The van der Waals surface area contributed by atoms with Gasteiger partial charge in [-0.1, -0.05) is 12.1 Å². The number of methoxy groups -OCH3 is 1. The smallest absolute Gasteiger partial charge is 0.161 e. The van der Waals surface area contributed by atoms with Crippen LogP contribution in [-0.4, -0.2) is 69.8 Å². The van der Waals surface area contributed by atoms with Crippen molar-refractivity contribution in [2.24, 2.45) is 0 Å². The van der Waals surface area contributed by atoms with Gasteiger partial charge in [-0.05, 0) is 74.6 Å². The monoisotopic (exact) mass is 509 g/mol. The lowest BCUT2D eigenvalue weighted by Crippen LogP contribution is -2.59. The molecular formula is C29H39N3O5. The van der Waals surface area contributed by atoms with E-state index in [9.17, 15) is 10.2 Å². The van der Waals surface area contributed by atoms with Crippen LogP contribution in [0.4, 0.5) is 0 Å². The van der Waals surface area contributed by atoms with Gasteiger partial charge in [-0.3, -0.25) is 4.90 Å². The van der Waals surface area contributed by atoms with E-state index >= 15 is 0 Å². The predicted octanol–water partition coefficient (Wildman–Crippen LogP) is 3.58. The van der Waals surface area contributed by atoms with E-state index < -0.39 is 11.7 Å². The number of imidazole rings is 1. The minimum atomic E-state index is -1.36. The Morgan fingerprint density at radius 2 is 1.86 bits per heavy atom. The first-order chi connectivity index (χ1) is 17.7. The summed E-state index contributed by atoms with van der Waals surface area (Å²) in [6.07, 6.45) is 3.33. The van der Waals surface area contributed by atoms with Crippen molar-refractivity contribution in [1.82, 2.24) is 14.5 Å². The lowest BCUT2D eigenvalue weighted by Gasteiger charge is -2.42. The molecule has 1 fully saturated rings. The summed E-state index contributed by atoms with van der Waals surface area (Å²) in [6.45, 7) is 10.8. The average molecular weight is 510 g/mol. The lowest BCUT2D eigenvalue weighted by atomic mass is 9.90. The Kier molecular flexibility index (Phi) is 8.42. The lowest BCUT2D eigenvalue weighted by molar-refractivity contribution is -0.140. The molecule has 1 aliphatic rings. The molecule has 0 amide bonds. The Morgan fingerprint density at radius 1 is 1.05 bits per heavy atom. The Labute approximate surface area is 219 Å². The first-order valence-corrected chi connectivity index (χ1v) is 12.8. The molecule has 0 bridgehead atoms. The third-order valence-corrected chi connectivity index (χ3v) is 7.23. The van der Waals surface area contributed by atoms with Crippen LogP contribution < -0.4 is 14.2 Å². The normalized spacial score (nSPS) is 20.1. The molecule has 3 aromatic rings. The van der Waals surface area contributed by atoms with Crippen molar-refractivity contribution in [3.05, 3.63) is 70.8 Å². The van der Waals surface area contributed by atoms with Gasteiger partial charge in [0.1, 0.15) is 30.4 Å². The molecular weight excluding hydrogens is 470 g/mol. The van der Waals surface area contributed by atoms with Crippen molar-refractivity contribution in [1.29, 1.82) is 0 Å². The summed E-state index contributed by atoms with van der Waals surface area (Å²) in [5, 5.41) is 22.1. The molecule has 2 heterocycles. The fourth-order valence-corrected chi connectivity index (χ4v) is 4.86. The van der Waals surface area contributed by atoms with E-state index in [0.717, 1.165) is 33.8 Å². The molecule has 2 N–H and O–H groups in total. The molecule has 2 atom stereocenters. The van der Waals surface area contributed by atoms with Gasteiger partial charge in [0.05, 0.1) is 19.8 Å². The molecule has 200 valence electrons. The third-order valence-electron chi connectivity index (χ3n) is 7.23. The van der Waals surface area contributed by atoms with Gasteiger partial charge in [0.25, 0.3) is 0 Å². The maximum atomic E-state index is 11.4. The summed E-state index contributed by atoms with van der Waals surface area (Å²) in [5.74, 6) is 3.05. The molecule has 2 aromatic carbocycles. The van der Waals surface area contributed by atoms with Crippen LogP contribution in [0.3, 0.4) is 0 Å². The SMILES string of the molecule is COc1ccc(CN2CC[C@H](O)[C@@](O)(COc3cc(C)cc(C)c3C)C2)cc1OCCn1ccnc1C. The highest BCUT2D eigenvalue weighted by Crippen LogP contribution is 2.31. The molecule has 0 saturated carbocycles. The van der Waals surface area contributed by atoms with Crippen LogP contribution in [0.2, 0.25) is 0 Å². The van der Waals surface area contributed by atoms with Gasteiger partial charge in [0.15, 0.2) is 11.5 Å². The standard InChI is InChI=1S/C29H39N3O5/c1-20-14-21(2)22(3)26(15-20)37-19-29(34)18-31(10-8-28(29)33)17-24-6-7-25(35-5)27(16-24)36-13-12-32-11-9-30-23(32)4/h6-7,9,11,14-16,28,33-34H,8,10,12-13,17-19H2,1-5H3/t28-,29-/m0/s1. The number of benzene rings is 2. The summed E-state index contributed by atoms with van der Waals surface area (Å²) in [4.78, 5) is 6.39. The van der Waals surface area contributed by atoms with E-state index in [4.69, 9.17) is 14.2 Å². The fourth-order valence-electron chi connectivity index (χ4n) is 4.86. The van der Waals surface area contributed by atoms with Gasteiger partial charge in [-0.25, -0.2) is 4.98 Å². The van der Waals surface area contributed by atoms with E-state index in [-0.39, 0.29) is 6.61 Å². The molecule has 37 heavy (non-hydrogen) atoms. The zero-order valence-electron chi connectivity index (χ0n) is 22.5. The number of ether oxygens (including phenoxy) is 3. The number of likely N-dealkylation sites (tertiary alicyclic amines) is 1. The van der Waals surface area contributed by atoms with Crippen LogP contribution in [0, 0.1) is 27.7 Å². The van der Waals surface area contributed by atoms with E-state index in [1.54, 1.807) is 13.3 Å². The maximum absolute atomic E-state index is 11.4. The number of aryl methyl sites for hydroxylation is 3. The predicted molar refractivity (Wildman–Crippen MR) is 142 cm³/mol. The second-order valence-electron chi connectivity index (χ2n) is 10.1. The minimum Gasteiger partial charge on any atom is -0.493 e. The maximum Gasteiger partial charge on any atom is 0.161 e. The van der Waals surface area contributed by atoms with Crippen molar-refractivity contribution in [3.8, 4) is 17.2 Å². The number of piperidine rings is 1. The van der Waals surface area contributed by atoms with Gasteiger partial charge >= 0.3 is 0 Å². The van der Waals surface area contributed by atoms with Gasteiger partial charge in [-0.2, -0.15) is 0 Å². The molecule has 1 aromatic heterocycles. The molecule has 1 aliphatic heterocycles. The van der Waals surface area contributed by atoms with Crippen molar-refractivity contribution < 1.29 is 24.4 Å². The molecule has 0 aliphatic carbocycles. The van der Waals surface area contributed by atoms with Gasteiger partial charge < -0.3 is 29.0 Å². The Morgan fingerprint density at radius 3 is 2.59 bits per heavy atom. The van der Waals surface area contributed by atoms with Gasteiger partial charge in [0, 0.05) is 32.0 Å². The average Bonchev–Trinajstić information content (AvgIpc) is 3.27.